The zero-order chi connectivity index (χ0) is 17.6. The van der Waals surface area contributed by atoms with Crippen LogP contribution in [-0.4, -0.2) is 7.11 Å². The summed E-state index contributed by atoms with van der Waals surface area (Å²) < 4.78 is 12.2. The van der Waals surface area contributed by atoms with Crippen molar-refractivity contribution in [3.8, 4) is 28.0 Å². The molecule has 0 fully saturated rings. The second-order valence-corrected chi connectivity index (χ2v) is 13.4. The van der Waals surface area contributed by atoms with E-state index in [1.54, 1.807) is 7.11 Å². The Morgan fingerprint density at radius 3 is 2.40 bits per heavy atom. The average molecular weight is 427 g/mol. The summed E-state index contributed by atoms with van der Waals surface area (Å²) in [6.07, 6.45) is 0.927. The maximum absolute atomic E-state index is 6.26. The summed E-state index contributed by atoms with van der Waals surface area (Å²) >= 11 is 4.63. The molecule has 0 radical (unpaired) electrons. The molecule has 0 bridgehead atoms. The minimum atomic E-state index is -1.63. The van der Waals surface area contributed by atoms with Crippen molar-refractivity contribution in [2.75, 3.05) is 7.11 Å². The first-order valence-electron chi connectivity index (χ1n) is 8.48. The van der Waals surface area contributed by atoms with Crippen LogP contribution in [0.5, 0.6) is 5.75 Å². The van der Waals surface area contributed by atoms with Gasteiger partial charge in [-0.05, 0) is 0 Å². The summed E-state index contributed by atoms with van der Waals surface area (Å²) in [6, 6.07) is 19.3. The summed E-state index contributed by atoms with van der Waals surface area (Å²) in [5.74, 6) is 1.01. The quantitative estimate of drug-likeness (QED) is 0.394. The van der Waals surface area contributed by atoms with Crippen LogP contribution < -0.4 is 8.01 Å². The molecule has 3 aromatic carbocycles. The Morgan fingerprint density at radius 1 is 0.960 bits per heavy atom. The molecule has 4 rings (SSSR count). The Morgan fingerprint density at radius 2 is 1.72 bits per heavy atom. The van der Waals surface area contributed by atoms with E-state index in [1.807, 2.05) is 6.07 Å². The molecular weight excluding hydrogens is 407 g/mol. The van der Waals surface area contributed by atoms with E-state index in [2.05, 4.69) is 57.8 Å². The summed E-state index contributed by atoms with van der Waals surface area (Å²) in [5.41, 5.74) is 7.96. The molecule has 1 aliphatic carbocycles. The van der Waals surface area contributed by atoms with E-state index in [1.165, 1.54) is 36.7 Å². The van der Waals surface area contributed by atoms with Crippen molar-refractivity contribution in [2.45, 2.75) is 15.7 Å². The predicted octanol–water partition coefficient (Wildman–Crippen LogP) is 5.93. The fourth-order valence-corrected chi connectivity index (χ4v) is 7.00. The Bertz CT molecular complexity index is 948. The molecule has 125 valence electrons. The van der Waals surface area contributed by atoms with Gasteiger partial charge in [0.15, 0.2) is 0 Å². The molecule has 0 atom stereocenters. The van der Waals surface area contributed by atoms with Crippen LogP contribution in [0, 0.1) is 0 Å². The Balaban J connectivity index is 2.06. The molecule has 3 aromatic rings. The van der Waals surface area contributed by atoms with Crippen LogP contribution in [-0.2, 0) is 28.2 Å². The minimum absolute atomic E-state index is 0.800. The first-order chi connectivity index (χ1) is 12.1. The molecule has 0 unspecified atom stereocenters. The van der Waals surface area contributed by atoms with Crippen LogP contribution >= 0.6 is 11.6 Å². The van der Waals surface area contributed by atoms with E-state index in [0.717, 1.165) is 17.2 Å². The number of rotatable bonds is 3. The molecule has 0 saturated heterocycles. The molecule has 1 nitrogen and oxygen atoms in total. The fraction of sp³-hybridized carbons (Fsp3) is 0.182. The van der Waals surface area contributed by atoms with Crippen LogP contribution in [0.1, 0.15) is 11.1 Å². The van der Waals surface area contributed by atoms with Gasteiger partial charge in [-0.15, -0.1) is 0 Å². The molecule has 25 heavy (non-hydrogen) atoms. The summed E-state index contributed by atoms with van der Waals surface area (Å²) in [5, 5.41) is 0.800. The molecule has 0 aromatic heterocycles. The van der Waals surface area contributed by atoms with Crippen molar-refractivity contribution in [3.05, 3.63) is 70.7 Å². The SMILES string of the molecule is COc1c[c]([Zr]([CH3])[CH3])c(-c2ccccc2)c2c1-c1ccc(Cl)cc1C2. The van der Waals surface area contributed by atoms with E-state index < -0.39 is 21.8 Å². The van der Waals surface area contributed by atoms with Gasteiger partial charge in [0.2, 0.25) is 0 Å². The van der Waals surface area contributed by atoms with Crippen molar-refractivity contribution in [3.63, 3.8) is 0 Å². The van der Waals surface area contributed by atoms with Gasteiger partial charge in [-0.25, -0.2) is 0 Å². The van der Waals surface area contributed by atoms with Gasteiger partial charge < -0.3 is 0 Å². The van der Waals surface area contributed by atoms with Crippen molar-refractivity contribution in [1.82, 2.24) is 0 Å². The number of fused-ring (bicyclic) bond motifs is 3. The Kier molecular flexibility index (Phi) is 4.60. The van der Waals surface area contributed by atoms with Gasteiger partial charge in [-0.3, -0.25) is 0 Å². The van der Waals surface area contributed by atoms with Crippen molar-refractivity contribution in [2.24, 2.45) is 0 Å². The zero-order valence-electron chi connectivity index (χ0n) is 14.7. The first kappa shape index (κ1) is 17.1. The molecule has 0 N–H and O–H groups in total. The van der Waals surface area contributed by atoms with E-state index in [-0.39, 0.29) is 0 Å². The van der Waals surface area contributed by atoms with Crippen LogP contribution in [0.4, 0.5) is 0 Å². The Labute approximate surface area is 162 Å². The van der Waals surface area contributed by atoms with Crippen molar-refractivity contribution in [1.29, 1.82) is 0 Å². The number of halogens is 1. The first-order valence-corrected chi connectivity index (χ1v) is 15.0. The monoisotopic (exact) mass is 425 g/mol. The summed E-state index contributed by atoms with van der Waals surface area (Å²) in [4.78, 5) is 0. The third-order valence-corrected chi connectivity index (χ3v) is 8.77. The van der Waals surface area contributed by atoms with E-state index >= 15 is 0 Å². The summed E-state index contributed by atoms with van der Waals surface area (Å²) in [7, 11) is 1.78. The van der Waals surface area contributed by atoms with Gasteiger partial charge in [0.05, 0.1) is 0 Å². The maximum atomic E-state index is 6.26. The molecule has 0 heterocycles. The van der Waals surface area contributed by atoms with E-state index in [0.29, 0.717) is 0 Å². The molecule has 0 amide bonds. The van der Waals surface area contributed by atoms with Gasteiger partial charge in [0, 0.05) is 0 Å². The third-order valence-electron chi connectivity index (χ3n) is 4.92. The second-order valence-electron chi connectivity index (χ2n) is 6.70. The van der Waals surface area contributed by atoms with Gasteiger partial charge >= 0.3 is 163 Å². The number of hydrogen-bond acceptors (Lipinski definition) is 1. The third kappa shape index (κ3) is 2.90. The Hall–Kier alpha value is -1.37. The topological polar surface area (TPSA) is 9.23 Å². The molecule has 3 heteroatoms. The standard InChI is InChI=1S/C20H14ClO.2CH3.Zr/c1-22-19-10-9-16(13-5-3-2-4-6-13)18-12-14-11-15(21)7-8-17(14)20(18)19;;;/h2-8,10-11H,12H2,1H3;2*1H3;. The van der Waals surface area contributed by atoms with Gasteiger partial charge in [0.1, 0.15) is 0 Å². The predicted molar refractivity (Wildman–Crippen MR) is 103 cm³/mol. The number of hydrogen-bond donors (Lipinski definition) is 0. The average Bonchev–Trinajstić information content (AvgIpc) is 2.99. The van der Waals surface area contributed by atoms with Crippen LogP contribution in [0.25, 0.3) is 22.3 Å². The van der Waals surface area contributed by atoms with E-state index in [4.69, 9.17) is 16.3 Å². The number of ether oxygens (including phenoxy) is 1. The van der Waals surface area contributed by atoms with E-state index in [9.17, 15) is 0 Å². The van der Waals surface area contributed by atoms with Gasteiger partial charge in [-0.1, -0.05) is 0 Å². The zero-order valence-corrected chi connectivity index (χ0v) is 17.9. The summed E-state index contributed by atoms with van der Waals surface area (Å²) in [6.45, 7) is 0. The van der Waals surface area contributed by atoms with Crippen LogP contribution in [0.15, 0.2) is 54.6 Å². The van der Waals surface area contributed by atoms with Gasteiger partial charge in [0.25, 0.3) is 0 Å². The molecule has 1 aliphatic rings. The van der Waals surface area contributed by atoms with Crippen LogP contribution in [0.3, 0.4) is 0 Å². The van der Waals surface area contributed by atoms with Crippen molar-refractivity contribution >= 4 is 14.9 Å². The van der Waals surface area contributed by atoms with Gasteiger partial charge in [-0.2, -0.15) is 0 Å². The molecular formula is C22H20ClOZr. The van der Waals surface area contributed by atoms with Crippen molar-refractivity contribution < 1.29 is 26.5 Å². The molecule has 0 spiro atoms. The molecule has 0 saturated carbocycles. The number of methoxy groups -OCH3 is 1. The number of benzene rings is 3. The normalized spacial score (nSPS) is 11.8. The molecule has 0 aliphatic heterocycles. The van der Waals surface area contributed by atoms with Crippen LogP contribution in [0.2, 0.25) is 14.3 Å². The fourth-order valence-electron chi connectivity index (χ4n) is 3.82. The second kappa shape index (κ2) is 6.74.